The van der Waals surface area contributed by atoms with Crippen LogP contribution in [0.25, 0.3) is 11.3 Å². The zero-order valence-corrected chi connectivity index (χ0v) is 22.2. The van der Waals surface area contributed by atoms with Gasteiger partial charge in [0, 0.05) is 37.3 Å². The highest BCUT2D eigenvalue weighted by molar-refractivity contribution is 6.07. The Morgan fingerprint density at radius 3 is 2.67 bits per heavy atom. The zero-order chi connectivity index (χ0) is 27.4. The molecule has 2 atom stereocenters. The number of nitrogens with two attached hydrogens (primary N) is 1. The van der Waals surface area contributed by atoms with E-state index in [2.05, 4.69) is 30.0 Å². The normalized spacial score (nSPS) is 19.6. The molecule has 0 radical (unpaired) electrons. The number of nitrogens with one attached hydrogen (secondary N) is 1. The third kappa shape index (κ3) is 5.86. The Morgan fingerprint density at radius 2 is 1.92 bits per heavy atom. The largest absolute Gasteiger partial charge is 0.466 e. The number of hydrogen-bond acceptors (Lipinski definition) is 10. The molecule has 2 aromatic heterocycles. The molecule has 1 amide bonds. The molecule has 11 nitrogen and oxygen atoms in total. The maximum Gasteiger partial charge on any atom is 0.310 e. The molecule has 0 unspecified atom stereocenters. The van der Waals surface area contributed by atoms with Gasteiger partial charge < -0.3 is 30.2 Å². The monoisotopic (exact) mass is 529 g/mol. The number of carbonyl (C=O) groups is 2. The summed E-state index contributed by atoms with van der Waals surface area (Å²) in [6.45, 7) is 6.31. The number of pyridine rings is 1. The molecule has 0 saturated carbocycles. The fraction of sp³-hybridized carbons (Fsp3) is 0.370. The number of esters is 1. The van der Waals surface area contributed by atoms with E-state index in [4.69, 9.17) is 15.2 Å². The van der Waals surface area contributed by atoms with Gasteiger partial charge in [0.2, 0.25) is 0 Å². The summed E-state index contributed by atoms with van der Waals surface area (Å²) in [6, 6.07) is 9.70. The smallest absolute Gasteiger partial charge is 0.310 e. The van der Waals surface area contributed by atoms with Crippen LogP contribution in [0.2, 0.25) is 0 Å². The second-order valence-electron chi connectivity index (χ2n) is 9.74. The van der Waals surface area contributed by atoms with Crippen molar-refractivity contribution in [2.45, 2.75) is 12.8 Å². The van der Waals surface area contributed by atoms with Crippen LogP contribution in [0.1, 0.15) is 28.9 Å². The minimum absolute atomic E-state index is 0.0353. The maximum absolute atomic E-state index is 13.3. The van der Waals surface area contributed by atoms with Crippen LogP contribution in [-0.4, -0.2) is 85.6 Å². The van der Waals surface area contributed by atoms with Crippen molar-refractivity contribution in [1.29, 1.82) is 0 Å². The predicted octanol–water partition coefficient (Wildman–Crippen LogP) is 1.34. The van der Waals surface area contributed by atoms with Gasteiger partial charge in [0.15, 0.2) is 19.5 Å². The number of nitrogens with zero attached hydrogens (tertiary/aromatic N) is 5. The van der Waals surface area contributed by atoms with Crippen LogP contribution in [0.15, 0.2) is 48.9 Å². The number of benzene rings is 1. The van der Waals surface area contributed by atoms with E-state index in [9.17, 15) is 9.59 Å². The molecule has 3 N–H and O–H groups in total. The van der Waals surface area contributed by atoms with Gasteiger partial charge in [0.05, 0.1) is 55.2 Å². The minimum atomic E-state index is -0.466. The molecule has 0 aliphatic carbocycles. The highest BCUT2D eigenvalue weighted by atomic mass is 16.5. The van der Waals surface area contributed by atoms with Crippen LogP contribution >= 0.6 is 0 Å². The van der Waals surface area contributed by atoms with Crippen molar-refractivity contribution in [2.24, 2.45) is 5.92 Å². The number of rotatable bonds is 7. The average molecular weight is 529 g/mol. The summed E-state index contributed by atoms with van der Waals surface area (Å²) in [5.41, 5.74) is 9.89. The Balaban J connectivity index is 1.35. The topological polar surface area (TPSA) is 136 Å². The molecule has 0 bridgehead atoms. The van der Waals surface area contributed by atoms with Gasteiger partial charge in [-0.2, -0.15) is 0 Å². The van der Waals surface area contributed by atoms with E-state index in [0.717, 1.165) is 36.4 Å². The van der Waals surface area contributed by atoms with Gasteiger partial charge in [-0.1, -0.05) is 24.3 Å². The molecule has 202 valence electrons. The van der Waals surface area contributed by atoms with E-state index in [1.807, 2.05) is 45.2 Å². The summed E-state index contributed by atoms with van der Waals surface area (Å²) >= 11 is 0. The van der Waals surface area contributed by atoms with E-state index in [-0.39, 0.29) is 29.3 Å². The summed E-state index contributed by atoms with van der Waals surface area (Å²) in [4.78, 5) is 43.0. The first-order valence-electron chi connectivity index (χ1n) is 13.1. The third-order valence-corrected chi connectivity index (χ3v) is 7.14. The van der Waals surface area contributed by atoms with Crippen LogP contribution in [0.5, 0.6) is 0 Å². The number of amides is 1. The lowest BCUT2D eigenvalue weighted by molar-refractivity contribution is -0.147. The van der Waals surface area contributed by atoms with Gasteiger partial charge in [-0.15, -0.1) is 0 Å². The quantitative estimate of drug-likeness (QED) is 0.341. The van der Waals surface area contributed by atoms with Crippen molar-refractivity contribution in [3.63, 3.8) is 0 Å². The number of aromatic nitrogens is 3. The van der Waals surface area contributed by atoms with Gasteiger partial charge in [-0.3, -0.25) is 14.6 Å². The molecule has 2 saturated heterocycles. The Kier molecular flexibility index (Phi) is 8.03. The summed E-state index contributed by atoms with van der Waals surface area (Å²) in [5.74, 6) is -0.756. The number of carbonyl (C=O) groups excluding carboxylic acids is 2. The third-order valence-electron chi connectivity index (χ3n) is 7.14. The second-order valence-corrected chi connectivity index (χ2v) is 9.74. The van der Waals surface area contributed by atoms with Crippen molar-refractivity contribution in [3.05, 3.63) is 60.2 Å². The first kappa shape index (κ1) is 26.6. The van der Waals surface area contributed by atoms with Crippen molar-refractivity contribution in [1.82, 2.24) is 19.8 Å². The van der Waals surface area contributed by atoms with Crippen molar-refractivity contribution >= 4 is 37.1 Å². The van der Waals surface area contributed by atoms with Gasteiger partial charge >= 0.3 is 5.97 Å². The maximum atomic E-state index is 13.3. The lowest BCUT2D eigenvalue weighted by Gasteiger charge is -2.30. The van der Waals surface area contributed by atoms with Gasteiger partial charge in [-0.25, -0.2) is 9.97 Å². The van der Waals surface area contributed by atoms with Gasteiger partial charge in [0.1, 0.15) is 0 Å². The standard InChI is InChI=1S/C27H32BN7O4/c1-2-39-27(37)20-16-35(28)15-19(20)17-3-5-18(6-4-17)21-14-31-25(29)24(32-21)26(36)33-22-13-30-8-7-23(22)34-9-11-38-12-10-34/h3-8,13-14,19-20H,2,9-12,15-16,28H2,1H3,(H2,29,31)(H,33,36)/t19-,20+/m0/s1. The molecule has 1 aromatic carbocycles. The lowest BCUT2D eigenvalue weighted by atomic mass is 9.88. The first-order valence-corrected chi connectivity index (χ1v) is 13.1. The first-order chi connectivity index (χ1) is 18.9. The Hall–Kier alpha value is -4.03. The molecule has 2 aliphatic heterocycles. The number of morpholine rings is 1. The number of nitrogen functional groups attached to an aromatic ring is 1. The highest BCUT2D eigenvalue weighted by Crippen LogP contribution is 2.34. The molecule has 3 aromatic rings. The van der Waals surface area contributed by atoms with Gasteiger partial charge in [0.25, 0.3) is 5.91 Å². The summed E-state index contributed by atoms with van der Waals surface area (Å²) in [6.07, 6.45) is 4.85. The van der Waals surface area contributed by atoms with Crippen LogP contribution in [0, 0.1) is 5.92 Å². The highest BCUT2D eigenvalue weighted by Gasteiger charge is 2.37. The molecular weight excluding hydrogens is 497 g/mol. The summed E-state index contributed by atoms with van der Waals surface area (Å²) in [7, 11) is 2.01. The van der Waals surface area contributed by atoms with Gasteiger partial charge in [-0.05, 0) is 25.1 Å². The molecule has 2 aliphatic rings. The molecular formula is C27H32BN7O4. The Morgan fingerprint density at radius 1 is 1.15 bits per heavy atom. The van der Waals surface area contributed by atoms with E-state index in [0.29, 0.717) is 37.7 Å². The summed E-state index contributed by atoms with van der Waals surface area (Å²) < 4.78 is 10.8. The molecule has 39 heavy (non-hydrogen) atoms. The Labute approximate surface area is 228 Å². The molecule has 5 rings (SSSR count). The predicted molar refractivity (Wildman–Crippen MR) is 150 cm³/mol. The van der Waals surface area contributed by atoms with Crippen LogP contribution in [0.3, 0.4) is 0 Å². The van der Waals surface area contributed by atoms with E-state index in [1.165, 1.54) is 0 Å². The van der Waals surface area contributed by atoms with Crippen LogP contribution in [0.4, 0.5) is 17.2 Å². The molecule has 4 heterocycles. The number of ether oxygens (including phenoxy) is 2. The van der Waals surface area contributed by atoms with E-state index < -0.39 is 5.91 Å². The van der Waals surface area contributed by atoms with Crippen LogP contribution < -0.4 is 16.0 Å². The fourth-order valence-electron chi connectivity index (χ4n) is 5.18. The average Bonchev–Trinajstić information content (AvgIpc) is 3.36. The zero-order valence-electron chi connectivity index (χ0n) is 22.2. The number of hydrogen-bond donors (Lipinski definition) is 2. The van der Waals surface area contributed by atoms with Crippen LogP contribution in [-0.2, 0) is 14.3 Å². The Bertz CT molecular complexity index is 1330. The SMILES string of the molecule is BN1C[C@@H](C(=O)OCC)[C@H](c2ccc(-c3cnc(N)c(C(=O)Nc4cnccc4N4CCOCC4)n3)cc2)C1. The van der Waals surface area contributed by atoms with Crippen molar-refractivity contribution < 1.29 is 19.1 Å². The fourth-order valence-corrected chi connectivity index (χ4v) is 5.18. The van der Waals surface area contributed by atoms with E-state index in [1.54, 1.807) is 18.6 Å². The second kappa shape index (κ2) is 11.8. The molecule has 12 heteroatoms. The summed E-state index contributed by atoms with van der Waals surface area (Å²) in [5, 5.41) is 2.90. The lowest BCUT2D eigenvalue weighted by Crippen LogP contribution is -2.36. The minimum Gasteiger partial charge on any atom is -0.466 e. The molecule has 2 fully saturated rings. The van der Waals surface area contributed by atoms with Crippen molar-refractivity contribution in [2.75, 3.05) is 62.0 Å². The molecule has 0 spiro atoms. The van der Waals surface area contributed by atoms with E-state index >= 15 is 0 Å². The van der Waals surface area contributed by atoms with Crippen molar-refractivity contribution in [3.8, 4) is 11.3 Å². The number of anilines is 3.